The molecule has 3 aromatic carbocycles. The molecule has 0 aliphatic carbocycles. The van der Waals surface area contributed by atoms with Gasteiger partial charge in [-0.1, -0.05) is 97.0 Å². The summed E-state index contributed by atoms with van der Waals surface area (Å²) in [6.07, 6.45) is 3.00. The minimum absolute atomic E-state index is 0.00506. The lowest BCUT2D eigenvalue weighted by molar-refractivity contribution is -0.143. The molecule has 0 spiro atoms. The summed E-state index contributed by atoms with van der Waals surface area (Å²) in [5.74, 6) is 1.88. The van der Waals surface area contributed by atoms with E-state index in [9.17, 15) is 9.59 Å². The molecule has 5 rings (SSSR count). The third-order valence-corrected chi connectivity index (χ3v) is 9.16. The van der Waals surface area contributed by atoms with Gasteiger partial charge in [0.05, 0.1) is 5.92 Å². The lowest BCUT2D eigenvalue weighted by Crippen LogP contribution is -2.56. The standard InChI is InChI=1S/C35H41N5O2S/c1-4-31(28-13-7-5-8-14-28)34(42)39-23-22-38(25-27(39)3)32(41)17-11-12-24-43-35-37-36-33(29-15-9-6-10-16-29)40(35)30-20-18-26(2)19-21-30/h5-10,13-16,18-21,27,31H,4,11-12,17,22-25H2,1-3H3. The van der Waals surface area contributed by atoms with Crippen molar-refractivity contribution in [3.63, 3.8) is 0 Å². The van der Waals surface area contributed by atoms with Crippen molar-refractivity contribution in [2.45, 2.75) is 63.6 Å². The Balaban J connectivity index is 1.12. The lowest BCUT2D eigenvalue weighted by Gasteiger charge is -2.41. The van der Waals surface area contributed by atoms with E-state index < -0.39 is 0 Å². The molecule has 4 aromatic rings. The Morgan fingerprint density at radius 1 is 0.907 bits per heavy atom. The van der Waals surface area contributed by atoms with Crippen LogP contribution in [-0.2, 0) is 9.59 Å². The summed E-state index contributed by atoms with van der Waals surface area (Å²) in [4.78, 5) is 30.4. The van der Waals surface area contributed by atoms with Crippen LogP contribution in [0.25, 0.3) is 17.1 Å². The summed E-state index contributed by atoms with van der Waals surface area (Å²) >= 11 is 1.68. The molecule has 2 heterocycles. The maximum atomic E-state index is 13.4. The van der Waals surface area contributed by atoms with Gasteiger partial charge in [-0.2, -0.15) is 0 Å². The van der Waals surface area contributed by atoms with Crippen LogP contribution >= 0.6 is 11.8 Å². The highest BCUT2D eigenvalue weighted by Crippen LogP contribution is 2.29. The number of nitrogens with zero attached hydrogens (tertiary/aromatic N) is 5. The minimum atomic E-state index is -0.135. The number of unbranched alkanes of at least 4 members (excludes halogenated alkanes) is 1. The van der Waals surface area contributed by atoms with Crippen molar-refractivity contribution in [3.05, 3.63) is 96.1 Å². The number of hydrogen-bond donors (Lipinski definition) is 0. The average molecular weight is 596 g/mol. The number of aryl methyl sites for hydroxylation is 1. The first-order valence-corrected chi connectivity index (χ1v) is 16.3. The fraction of sp³-hybridized carbons (Fsp3) is 0.371. The summed E-state index contributed by atoms with van der Waals surface area (Å²) in [6, 6.07) is 28.6. The maximum Gasteiger partial charge on any atom is 0.230 e. The van der Waals surface area contributed by atoms with Gasteiger partial charge in [0.1, 0.15) is 0 Å². The SMILES string of the molecule is CCC(C(=O)N1CCN(C(=O)CCCCSc2nnc(-c3ccccc3)n2-c2ccc(C)cc2)CC1C)c1ccccc1. The van der Waals surface area contributed by atoms with Crippen molar-refractivity contribution in [1.82, 2.24) is 24.6 Å². The Labute approximate surface area is 259 Å². The zero-order valence-corrected chi connectivity index (χ0v) is 26.2. The second-order valence-electron chi connectivity index (χ2n) is 11.2. The van der Waals surface area contributed by atoms with Crippen molar-refractivity contribution < 1.29 is 9.59 Å². The molecule has 0 N–H and O–H groups in total. The average Bonchev–Trinajstić information content (AvgIpc) is 3.46. The molecule has 2 amide bonds. The van der Waals surface area contributed by atoms with E-state index >= 15 is 0 Å². The van der Waals surface area contributed by atoms with Gasteiger partial charge in [0, 0.05) is 49.1 Å². The van der Waals surface area contributed by atoms with Crippen molar-refractivity contribution in [2.75, 3.05) is 25.4 Å². The van der Waals surface area contributed by atoms with E-state index in [0.717, 1.165) is 52.8 Å². The highest BCUT2D eigenvalue weighted by atomic mass is 32.2. The van der Waals surface area contributed by atoms with Crippen molar-refractivity contribution in [3.8, 4) is 17.1 Å². The predicted molar refractivity (Wildman–Crippen MR) is 173 cm³/mol. The second kappa shape index (κ2) is 14.5. The minimum Gasteiger partial charge on any atom is -0.339 e. The van der Waals surface area contributed by atoms with E-state index in [0.29, 0.717) is 26.1 Å². The van der Waals surface area contributed by atoms with Crippen LogP contribution in [0.4, 0.5) is 0 Å². The van der Waals surface area contributed by atoms with Crippen molar-refractivity contribution in [1.29, 1.82) is 0 Å². The normalized spacial score (nSPS) is 15.8. The van der Waals surface area contributed by atoms with Crippen LogP contribution < -0.4 is 0 Å². The molecule has 1 aromatic heterocycles. The molecule has 1 aliphatic rings. The zero-order valence-electron chi connectivity index (χ0n) is 25.4. The molecule has 1 saturated heterocycles. The molecule has 2 atom stereocenters. The summed E-state index contributed by atoms with van der Waals surface area (Å²) in [7, 11) is 0. The van der Waals surface area contributed by atoms with Crippen LogP contribution in [0.3, 0.4) is 0 Å². The highest BCUT2D eigenvalue weighted by molar-refractivity contribution is 7.99. The van der Waals surface area contributed by atoms with Gasteiger partial charge in [-0.25, -0.2) is 0 Å². The topological polar surface area (TPSA) is 71.3 Å². The Morgan fingerprint density at radius 2 is 1.60 bits per heavy atom. The first-order valence-electron chi connectivity index (χ1n) is 15.3. The van der Waals surface area contributed by atoms with Crippen LogP contribution in [0.5, 0.6) is 0 Å². The van der Waals surface area contributed by atoms with Crippen molar-refractivity contribution >= 4 is 23.6 Å². The fourth-order valence-electron chi connectivity index (χ4n) is 5.71. The van der Waals surface area contributed by atoms with Gasteiger partial charge in [-0.15, -0.1) is 10.2 Å². The molecule has 1 fully saturated rings. The molecule has 43 heavy (non-hydrogen) atoms. The quantitative estimate of drug-likeness (QED) is 0.142. The van der Waals surface area contributed by atoms with E-state index in [1.807, 2.05) is 58.3 Å². The first-order chi connectivity index (χ1) is 21.0. The summed E-state index contributed by atoms with van der Waals surface area (Å²) < 4.78 is 2.12. The number of thioether (sulfide) groups is 1. The Kier molecular flexibility index (Phi) is 10.3. The number of piperazine rings is 1. The predicted octanol–water partition coefficient (Wildman–Crippen LogP) is 6.76. The molecule has 7 nitrogen and oxygen atoms in total. The summed E-state index contributed by atoms with van der Waals surface area (Å²) in [5, 5.41) is 9.92. The largest absolute Gasteiger partial charge is 0.339 e. The van der Waals surface area contributed by atoms with Gasteiger partial charge < -0.3 is 9.80 Å². The van der Waals surface area contributed by atoms with Gasteiger partial charge in [0.25, 0.3) is 0 Å². The number of amides is 2. The molecule has 0 bridgehead atoms. The number of rotatable bonds is 11. The van der Waals surface area contributed by atoms with Gasteiger partial charge >= 0.3 is 0 Å². The Hall–Kier alpha value is -3.91. The third-order valence-electron chi connectivity index (χ3n) is 8.15. The smallest absolute Gasteiger partial charge is 0.230 e. The second-order valence-corrected chi connectivity index (χ2v) is 12.3. The van der Waals surface area contributed by atoms with Crippen LogP contribution in [-0.4, -0.2) is 67.8 Å². The van der Waals surface area contributed by atoms with Crippen LogP contribution in [0.2, 0.25) is 0 Å². The van der Waals surface area contributed by atoms with Gasteiger partial charge in [-0.05, 0) is 50.8 Å². The number of hydrogen-bond acceptors (Lipinski definition) is 5. The van der Waals surface area contributed by atoms with E-state index in [-0.39, 0.29) is 23.8 Å². The third kappa shape index (κ3) is 7.36. The van der Waals surface area contributed by atoms with Crippen LogP contribution in [0, 0.1) is 6.92 Å². The molecule has 2 unspecified atom stereocenters. The van der Waals surface area contributed by atoms with E-state index in [2.05, 4.69) is 71.9 Å². The van der Waals surface area contributed by atoms with E-state index in [1.165, 1.54) is 5.56 Å². The maximum absolute atomic E-state index is 13.4. The highest BCUT2D eigenvalue weighted by Gasteiger charge is 2.33. The monoisotopic (exact) mass is 595 g/mol. The molecule has 1 aliphatic heterocycles. The Bertz CT molecular complexity index is 1490. The number of aromatic nitrogens is 3. The van der Waals surface area contributed by atoms with Crippen LogP contribution in [0.15, 0.2) is 90.1 Å². The fourth-order valence-corrected chi connectivity index (χ4v) is 6.66. The zero-order chi connectivity index (χ0) is 30.2. The number of benzene rings is 3. The molecular formula is C35H41N5O2S. The van der Waals surface area contributed by atoms with Gasteiger partial charge in [0.15, 0.2) is 11.0 Å². The summed E-state index contributed by atoms with van der Waals surface area (Å²) in [5.41, 5.74) is 4.32. The lowest BCUT2D eigenvalue weighted by atomic mass is 9.94. The van der Waals surface area contributed by atoms with Gasteiger partial charge in [-0.3, -0.25) is 14.2 Å². The van der Waals surface area contributed by atoms with Gasteiger partial charge in [0.2, 0.25) is 11.8 Å². The number of carbonyl (C=O) groups excluding carboxylic acids is 2. The first kappa shape index (κ1) is 30.5. The molecule has 224 valence electrons. The molecular weight excluding hydrogens is 554 g/mol. The van der Waals surface area contributed by atoms with Crippen LogP contribution in [0.1, 0.15) is 56.6 Å². The van der Waals surface area contributed by atoms with E-state index in [4.69, 9.17) is 0 Å². The molecule has 8 heteroatoms. The van der Waals surface area contributed by atoms with E-state index in [1.54, 1.807) is 11.8 Å². The van der Waals surface area contributed by atoms with Crippen molar-refractivity contribution in [2.24, 2.45) is 0 Å². The Morgan fingerprint density at radius 3 is 2.28 bits per heavy atom. The summed E-state index contributed by atoms with van der Waals surface area (Å²) in [6.45, 7) is 7.97. The molecule has 0 saturated carbocycles. The molecule has 0 radical (unpaired) electrons. The number of carbonyl (C=O) groups is 2.